The van der Waals surface area contributed by atoms with E-state index in [2.05, 4.69) is 36.5 Å². The molecule has 0 aromatic heterocycles. The molecule has 76 valence electrons. The highest BCUT2D eigenvalue weighted by molar-refractivity contribution is 5.24. The fourth-order valence-corrected chi connectivity index (χ4v) is 2.08. The van der Waals surface area contributed by atoms with Gasteiger partial charge in [-0.15, -0.1) is 0 Å². The summed E-state index contributed by atoms with van der Waals surface area (Å²) in [5, 5.41) is 13.4. The molecule has 1 atom stereocenters. The third-order valence-electron chi connectivity index (χ3n) is 2.84. The van der Waals surface area contributed by atoms with Crippen molar-refractivity contribution in [2.45, 2.75) is 25.4 Å². The highest BCUT2D eigenvalue weighted by Crippen LogP contribution is 2.20. The van der Waals surface area contributed by atoms with Gasteiger partial charge in [0.1, 0.15) is 0 Å². The van der Waals surface area contributed by atoms with E-state index in [0.717, 1.165) is 25.9 Å². The van der Waals surface area contributed by atoms with Crippen LogP contribution in [0.1, 0.15) is 17.5 Å². The Labute approximate surface area is 85.0 Å². The minimum absolute atomic E-state index is 0.520. The van der Waals surface area contributed by atoms with E-state index in [1.807, 2.05) is 0 Å². The Morgan fingerprint density at radius 1 is 1.50 bits per heavy atom. The van der Waals surface area contributed by atoms with Gasteiger partial charge in [-0.25, -0.2) is 0 Å². The van der Waals surface area contributed by atoms with Crippen molar-refractivity contribution in [1.82, 2.24) is 5.32 Å². The zero-order valence-electron chi connectivity index (χ0n) is 8.59. The number of benzene rings is 1. The van der Waals surface area contributed by atoms with Crippen LogP contribution in [0.3, 0.4) is 0 Å². The minimum Gasteiger partial charge on any atom is -0.388 e. The Morgan fingerprint density at radius 2 is 2.36 bits per heavy atom. The van der Waals surface area contributed by atoms with Gasteiger partial charge in [0, 0.05) is 13.0 Å². The summed E-state index contributed by atoms with van der Waals surface area (Å²) >= 11 is 0. The first-order valence-electron chi connectivity index (χ1n) is 5.17. The second-order valence-electron chi connectivity index (χ2n) is 4.32. The number of β-amino-alcohol motifs (C(OH)–C–C–N with tert-alkyl or cyclic N) is 1. The molecule has 1 aromatic rings. The first kappa shape index (κ1) is 9.69. The van der Waals surface area contributed by atoms with Crippen molar-refractivity contribution in [3.63, 3.8) is 0 Å². The van der Waals surface area contributed by atoms with E-state index in [1.54, 1.807) is 0 Å². The molecule has 1 aliphatic rings. The number of aryl methyl sites for hydroxylation is 1. The summed E-state index contributed by atoms with van der Waals surface area (Å²) in [4.78, 5) is 0. The van der Waals surface area contributed by atoms with Crippen molar-refractivity contribution in [2.75, 3.05) is 13.1 Å². The maximum Gasteiger partial charge on any atom is 0.0823 e. The van der Waals surface area contributed by atoms with Gasteiger partial charge < -0.3 is 10.4 Å². The lowest BCUT2D eigenvalue weighted by molar-refractivity contribution is 0.0619. The van der Waals surface area contributed by atoms with E-state index in [4.69, 9.17) is 0 Å². The third kappa shape index (κ3) is 2.14. The van der Waals surface area contributed by atoms with E-state index in [-0.39, 0.29) is 0 Å². The lowest BCUT2D eigenvalue weighted by Gasteiger charge is -2.21. The molecule has 2 heteroatoms. The van der Waals surface area contributed by atoms with E-state index >= 15 is 0 Å². The Kier molecular flexibility index (Phi) is 2.57. The van der Waals surface area contributed by atoms with Gasteiger partial charge in [-0.2, -0.15) is 0 Å². The monoisotopic (exact) mass is 191 g/mol. The summed E-state index contributed by atoms with van der Waals surface area (Å²) in [6.45, 7) is 3.74. The topological polar surface area (TPSA) is 32.3 Å². The van der Waals surface area contributed by atoms with Crippen molar-refractivity contribution in [3.8, 4) is 0 Å². The number of aliphatic hydroxyl groups is 1. The molecule has 0 amide bonds. The van der Waals surface area contributed by atoms with Gasteiger partial charge in [0.2, 0.25) is 0 Å². The third-order valence-corrected chi connectivity index (χ3v) is 2.84. The largest absolute Gasteiger partial charge is 0.388 e. The highest BCUT2D eigenvalue weighted by atomic mass is 16.3. The van der Waals surface area contributed by atoms with Gasteiger partial charge in [0.15, 0.2) is 0 Å². The van der Waals surface area contributed by atoms with Crippen LogP contribution < -0.4 is 5.32 Å². The molecule has 0 spiro atoms. The zero-order chi connectivity index (χ0) is 10.0. The molecule has 1 fully saturated rings. The molecule has 1 aliphatic heterocycles. The Bertz CT molecular complexity index is 316. The normalized spacial score (nSPS) is 26.7. The average Bonchev–Trinajstić information content (AvgIpc) is 2.51. The van der Waals surface area contributed by atoms with Crippen LogP contribution in [0.5, 0.6) is 0 Å². The number of hydrogen-bond donors (Lipinski definition) is 2. The fraction of sp³-hybridized carbons (Fsp3) is 0.500. The van der Waals surface area contributed by atoms with E-state index in [1.165, 1.54) is 11.1 Å². The van der Waals surface area contributed by atoms with Crippen molar-refractivity contribution in [3.05, 3.63) is 35.4 Å². The van der Waals surface area contributed by atoms with Crippen LogP contribution in [0.25, 0.3) is 0 Å². The molecule has 1 unspecified atom stereocenters. The average molecular weight is 191 g/mol. The fourth-order valence-electron chi connectivity index (χ4n) is 2.08. The summed E-state index contributed by atoms with van der Waals surface area (Å²) in [5.74, 6) is 0. The predicted octanol–water partition coefficient (Wildman–Crippen LogP) is 1.26. The Morgan fingerprint density at radius 3 is 3.00 bits per heavy atom. The standard InChI is InChI=1S/C12H17NO/c1-10-3-2-4-11(7-10)8-12(14)5-6-13-9-12/h2-4,7,13-14H,5-6,8-9H2,1H3. The minimum atomic E-state index is -0.520. The maximum atomic E-state index is 10.2. The number of hydrogen-bond acceptors (Lipinski definition) is 2. The smallest absolute Gasteiger partial charge is 0.0823 e. The second-order valence-corrected chi connectivity index (χ2v) is 4.32. The Hall–Kier alpha value is -0.860. The van der Waals surface area contributed by atoms with Gasteiger partial charge in [0.25, 0.3) is 0 Å². The molecule has 1 heterocycles. The van der Waals surface area contributed by atoms with Crippen molar-refractivity contribution in [1.29, 1.82) is 0 Å². The summed E-state index contributed by atoms with van der Waals surface area (Å²) in [5.41, 5.74) is 1.97. The molecule has 0 bridgehead atoms. The molecule has 2 rings (SSSR count). The Balaban J connectivity index is 2.10. The quantitative estimate of drug-likeness (QED) is 0.737. The van der Waals surface area contributed by atoms with Crippen molar-refractivity contribution < 1.29 is 5.11 Å². The highest BCUT2D eigenvalue weighted by Gasteiger charge is 2.30. The van der Waals surface area contributed by atoms with E-state index < -0.39 is 5.60 Å². The summed E-state index contributed by atoms with van der Waals surface area (Å²) < 4.78 is 0. The van der Waals surface area contributed by atoms with Crippen molar-refractivity contribution in [2.24, 2.45) is 0 Å². The second kappa shape index (κ2) is 3.71. The molecular formula is C12H17NO. The summed E-state index contributed by atoms with van der Waals surface area (Å²) in [7, 11) is 0. The molecule has 1 aromatic carbocycles. The van der Waals surface area contributed by atoms with Gasteiger partial charge in [-0.1, -0.05) is 29.8 Å². The van der Waals surface area contributed by atoms with E-state index in [0.29, 0.717) is 0 Å². The first-order valence-corrected chi connectivity index (χ1v) is 5.17. The van der Waals surface area contributed by atoms with Crippen LogP contribution in [0.2, 0.25) is 0 Å². The van der Waals surface area contributed by atoms with Gasteiger partial charge in [-0.05, 0) is 25.5 Å². The molecule has 14 heavy (non-hydrogen) atoms. The van der Waals surface area contributed by atoms with Gasteiger partial charge >= 0.3 is 0 Å². The van der Waals surface area contributed by atoms with Crippen LogP contribution in [-0.2, 0) is 6.42 Å². The summed E-state index contributed by atoms with van der Waals surface area (Å²) in [6.07, 6.45) is 1.63. The molecule has 2 N–H and O–H groups in total. The molecule has 0 saturated carbocycles. The molecule has 1 saturated heterocycles. The number of rotatable bonds is 2. The molecular weight excluding hydrogens is 174 g/mol. The van der Waals surface area contributed by atoms with Gasteiger partial charge in [-0.3, -0.25) is 0 Å². The zero-order valence-corrected chi connectivity index (χ0v) is 8.59. The maximum absolute atomic E-state index is 10.2. The lowest BCUT2D eigenvalue weighted by atomic mass is 9.93. The summed E-state index contributed by atoms with van der Waals surface area (Å²) in [6, 6.07) is 8.37. The first-order chi connectivity index (χ1) is 6.68. The number of nitrogens with one attached hydrogen (secondary N) is 1. The molecule has 0 aliphatic carbocycles. The van der Waals surface area contributed by atoms with Crippen LogP contribution in [-0.4, -0.2) is 23.8 Å². The SMILES string of the molecule is Cc1cccc(CC2(O)CCNC2)c1. The predicted molar refractivity (Wildman–Crippen MR) is 57.3 cm³/mol. The van der Waals surface area contributed by atoms with Crippen LogP contribution >= 0.6 is 0 Å². The van der Waals surface area contributed by atoms with Crippen LogP contribution in [0, 0.1) is 6.92 Å². The lowest BCUT2D eigenvalue weighted by Crippen LogP contribution is -2.33. The molecule has 2 nitrogen and oxygen atoms in total. The van der Waals surface area contributed by atoms with Crippen LogP contribution in [0.15, 0.2) is 24.3 Å². The van der Waals surface area contributed by atoms with E-state index in [9.17, 15) is 5.11 Å². The van der Waals surface area contributed by atoms with Crippen molar-refractivity contribution >= 4 is 0 Å². The van der Waals surface area contributed by atoms with Gasteiger partial charge in [0.05, 0.1) is 5.60 Å². The van der Waals surface area contributed by atoms with Crippen LogP contribution in [0.4, 0.5) is 0 Å². The molecule has 0 radical (unpaired) electrons.